The number of para-hydroxylation sites is 4. The van der Waals surface area contributed by atoms with Crippen LogP contribution in [0, 0.1) is 0 Å². The normalized spacial score (nSPS) is 11.3. The molecule has 2 aromatic carbocycles. The van der Waals surface area contributed by atoms with E-state index in [0.29, 0.717) is 11.8 Å². The Balaban J connectivity index is 1.28. The zero-order valence-electron chi connectivity index (χ0n) is 15.7. The maximum absolute atomic E-state index is 5.81. The first-order valence-corrected chi connectivity index (χ1v) is 9.48. The van der Waals surface area contributed by atoms with Crippen molar-refractivity contribution >= 4 is 22.2 Å². The van der Waals surface area contributed by atoms with Gasteiger partial charge in [0.25, 0.3) is 0 Å². The van der Waals surface area contributed by atoms with E-state index < -0.39 is 0 Å². The van der Waals surface area contributed by atoms with Crippen LogP contribution in [0.15, 0.2) is 94.0 Å². The number of pyridine rings is 2. The lowest BCUT2D eigenvalue weighted by atomic mass is 10.2. The van der Waals surface area contributed by atoms with Crippen LogP contribution in [0.25, 0.3) is 56.5 Å². The summed E-state index contributed by atoms with van der Waals surface area (Å²) in [4.78, 5) is 18.1. The first-order valence-electron chi connectivity index (χ1n) is 9.48. The maximum atomic E-state index is 5.81. The number of fused-ring (bicyclic) bond motifs is 2. The molecule has 4 aromatic heterocycles. The molecule has 0 atom stereocenters. The van der Waals surface area contributed by atoms with Gasteiger partial charge in [-0.25, -0.2) is 9.97 Å². The van der Waals surface area contributed by atoms with Crippen molar-refractivity contribution < 1.29 is 8.83 Å². The molecule has 0 aliphatic heterocycles. The average Bonchev–Trinajstić information content (AvgIpc) is 3.44. The SMILES string of the molecule is c1ccc2oc(-c3ccc(-c4ccc(-c5nc6ccccc6o5)cn4)nc3)nc2c1. The molecule has 142 valence electrons. The van der Waals surface area contributed by atoms with Crippen LogP contribution in [0.3, 0.4) is 0 Å². The van der Waals surface area contributed by atoms with Crippen molar-refractivity contribution in [2.75, 3.05) is 0 Å². The summed E-state index contributed by atoms with van der Waals surface area (Å²) in [6.45, 7) is 0. The molecule has 0 amide bonds. The quantitative estimate of drug-likeness (QED) is 0.382. The smallest absolute Gasteiger partial charge is 0.228 e. The Morgan fingerprint density at radius 1 is 0.500 bits per heavy atom. The predicted octanol–water partition coefficient (Wildman–Crippen LogP) is 5.76. The molecular weight excluding hydrogens is 376 g/mol. The van der Waals surface area contributed by atoms with Gasteiger partial charge in [-0.2, -0.15) is 0 Å². The Bertz CT molecular complexity index is 1300. The lowest BCUT2D eigenvalue weighted by Gasteiger charge is -2.02. The first kappa shape index (κ1) is 16.6. The zero-order valence-corrected chi connectivity index (χ0v) is 15.7. The Kier molecular flexibility index (Phi) is 3.67. The molecule has 0 radical (unpaired) electrons. The van der Waals surface area contributed by atoms with E-state index in [4.69, 9.17) is 8.83 Å². The Labute approximate surface area is 170 Å². The van der Waals surface area contributed by atoms with E-state index >= 15 is 0 Å². The van der Waals surface area contributed by atoms with Gasteiger partial charge in [0.15, 0.2) is 11.2 Å². The van der Waals surface area contributed by atoms with Gasteiger partial charge in [0.2, 0.25) is 11.8 Å². The van der Waals surface area contributed by atoms with Crippen LogP contribution in [0.2, 0.25) is 0 Å². The molecule has 0 bridgehead atoms. The van der Waals surface area contributed by atoms with Crippen LogP contribution in [0.4, 0.5) is 0 Å². The first-order chi connectivity index (χ1) is 14.8. The van der Waals surface area contributed by atoms with E-state index in [2.05, 4.69) is 19.9 Å². The predicted molar refractivity (Wildman–Crippen MR) is 113 cm³/mol. The molecule has 0 saturated heterocycles. The average molecular weight is 390 g/mol. The highest BCUT2D eigenvalue weighted by Gasteiger charge is 2.11. The summed E-state index contributed by atoms with van der Waals surface area (Å²) in [7, 11) is 0. The molecule has 6 nitrogen and oxygen atoms in total. The molecular formula is C24H14N4O2. The Hall–Kier alpha value is -4.32. The second-order valence-electron chi connectivity index (χ2n) is 6.84. The van der Waals surface area contributed by atoms with E-state index in [1.54, 1.807) is 12.4 Å². The molecule has 0 saturated carbocycles. The fourth-order valence-electron chi connectivity index (χ4n) is 3.34. The second kappa shape index (κ2) is 6.63. The third-order valence-corrected chi connectivity index (χ3v) is 4.87. The van der Waals surface area contributed by atoms with Crippen LogP contribution in [0.1, 0.15) is 0 Å². The van der Waals surface area contributed by atoms with Crippen molar-refractivity contribution in [1.29, 1.82) is 0 Å². The summed E-state index contributed by atoms with van der Waals surface area (Å²) in [6, 6.07) is 23.1. The number of oxazole rings is 2. The molecule has 6 heteroatoms. The van der Waals surface area contributed by atoms with Gasteiger partial charge in [0.05, 0.1) is 22.5 Å². The molecule has 0 fully saturated rings. The van der Waals surface area contributed by atoms with Crippen molar-refractivity contribution in [3.05, 3.63) is 85.2 Å². The van der Waals surface area contributed by atoms with Crippen LogP contribution in [-0.4, -0.2) is 19.9 Å². The minimum atomic E-state index is 0.550. The number of benzene rings is 2. The summed E-state index contributed by atoms with van der Waals surface area (Å²) in [5.41, 5.74) is 6.33. The van der Waals surface area contributed by atoms with Gasteiger partial charge in [-0.1, -0.05) is 24.3 Å². The summed E-state index contributed by atoms with van der Waals surface area (Å²) >= 11 is 0. The van der Waals surface area contributed by atoms with Gasteiger partial charge in [-0.05, 0) is 48.5 Å². The molecule has 0 unspecified atom stereocenters. The number of hydrogen-bond donors (Lipinski definition) is 0. The van der Waals surface area contributed by atoms with Crippen LogP contribution >= 0.6 is 0 Å². The Morgan fingerprint density at radius 2 is 0.967 bits per heavy atom. The second-order valence-corrected chi connectivity index (χ2v) is 6.84. The van der Waals surface area contributed by atoms with E-state index in [-0.39, 0.29) is 0 Å². The lowest BCUT2D eigenvalue weighted by molar-refractivity contribution is 0.619. The monoisotopic (exact) mass is 390 g/mol. The fourth-order valence-corrected chi connectivity index (χ4v) is 3.34. The van der Waals surface area contributed by atoms with Crippen LogP contribution in [0.5, 0.6) is 0 Å². The van der Waals surface area contributed by atoms with E-state index in [9.17, 15) is 0 Å². The van der Waals surface area contributed by atoms with E-state index in [1.165, 1.54) is 0 Å². The minimum absolute atomic E-state index is 0.550. The van der Waals surface area contributed by atoms with Crippen molar-refractivity contribution in [2.45, 2.75) is 0 Å². The summed E-state index contributed by atoms with van der Waals surface area (Å²) < 4.78 is 11.6. The molecule has 0 N–H and O–H groups in total. The van der Waals surface area contributed by atoms with Gasteiger partial charge in [-0.3, -0.25) is 9.97 Å². The van der Waals surface area contributed by atoms with Crippen molar-refractivity contribution in [3.8, 4) is 34.3 Å². The molecule has 0 spiro atoms. The van der Waals surface area contributed by atoms with Gasteiger partial charge < -0.3 is 8.83 Å². The Morgan fingerprint density at radius 3 is 1.37 bits per heavy atom. The molecule has 0 aliphatic rings. The number of nitrogens with zero attached hydrogens (tertiary/aromatic N) is 4. The highest BCUT2D eigenvalue weighted by molar-refractivity contribution is 5.77. The van der Waals surface area contributed by atoms with Gasteiger partial charge in [0.1, 0.15) is 11.0 Å². The van der Waals surface area contributed by atoms with Gasteiger partial charge in [-0.15, -0.1) is 0 Å². The molecule has 0 aliphatic carbocycles. The van der Waals surface area contributed by atoms with Crippen LogP contribution in [-0.2, 0) is 0 Å². The third-order valence-electron chi connectivity index (χ3n) is 4.87. The summed E-state index contributed by atoms with van der Waals surface area (Å²) in [5.74, 6) is 1.10. The van der Waals surface area contributed by atoms with Crippen molar-refractivity contribution in [3.63, 3.8) is 0 Å². The summed E-state index contributed by atoms with van der Waals surface area (Å²) in [6.07, 6.45) is 3.49. The highest BCUT2D eigenvalue weighted by atomic mass is 16.4. The zero-order chi connectivity index (χ0) is 19.9. The number of rotatable bonds is 3. The largest absolute Gasteiger partial charge is 0.436 e. The van der Waals surface area contributed by atoms with E-state index in [1.807, 2.05) is 72.8 Å². The van der Waals surface area contributed by atoms with Gasteiger partial charge in [0, 0.05) is 12.4 Å². The molecule has 6 rings (SSSR count). The fraction of sp³-hybridized carbons (Fsp3) is 0. The van der Waals surface area contributed by atoms with Crippen LogP contribution < -0.4 is 0 Å². The lowest BCUT2D eigenvalue weighted by Crippen LogP contribution is -1.89. The maximum Gasteiger partial charge on any atom is 0.228 e. The number of hydrogen-bond acceptors (Lipinski definition) is 6. The highest BCUT2D eigenvalue weighted by Crippen LogP contribution is 2.27. The molecule has 6 aromatic rings. The minimum Gasteiger partial charge on any atom is -0.436 e. The van der Waals surface area contributed by atoms with Crippen molar-refractivity contribution in [1.82, 2.24) is 19.9 Å². The number of aromatic nitrogens is 4. The van der Waals surface area contributed by atoms with E-state index in [0.717, 1.165) is 44.7 Å². The van der Waals surface area contributed by atoms with Gasteiger partial charge >= 0.3 is 0 Å². The molecule has 30 heavy (non-hydrogen) atoms. The molecule has 4 heterocycles. The standard InChI is InChI=1S/C24H14N4O2/c1-3-7-21-19(5-1)27-23(29-21)15-9-11-17(25-13-15)18-12-10-16(14-26-18)24-28-20-6-2-4-8-22(20)30-24/h1-14H. The van der Waals surface area contributed by atoms with Crippen molar-refractivity contribution in [2.24, 2.45) is 0 Å². The third kappa shape index (κ3) is 2.82. The summed E-state index contributed by atoms with van der Waals surface area (Å²) in [5, 5.41) is 0. The topological polar surface area (TPSA) is 77.8 Å².